The second-order valence-corrected chi connectivity index (χ2v) is 5.90. The van der Waals surface area contributed by atoms with Gasteiger partial charge in [-0.2, -0.15) is 5.10 Å². The van der Waals surface area contributed by atoms with Gasteiger partial charge in [0.15, 0.2) is 0 Å². The zero-order chi connectivity index (χ0) is 9.19. The molecule has 6 heteroatoms. The summed E-state index contributed by atoms with van der Waals surface area (Å²) >= 11 is 2.08. The third-order valence-corrected chi connectivity index (χ3v) is 2.80. The number of halogens is 1. The summed E-state index contributed by atoms with van der Waals surface area (Å²) in [6, 6.07) is 1.84. The largest absolute Gasteiger partial charge is 0.271 e. The van der Waals surface area contributed by atoms with Crippen LogP contribution in [0.15, 0.2) is 12.3 Å². The molecule has 68 valence electrons. The number of sulfone groups is 1. The number of rotatable bonds is 3. The molecule has 0 aromatic carbocycles. The highest BCUT2D eigenvalue weighted by Crippen LogP contribution is 1.99. The second-order valence-electron chi connectivity index (χ2n) is 2.53. The predicted octanol–water partition coefficient (Wildman–Crippen LogP) is 0.532. The normalized spacial score (nSPS) is 11.8. The Balaban J connectivity index is 2.55. The summed E-state index contributed by atoms with van der Waals surface area (Å²) in [5.74, 6) is 0.144. The molecule has 0 saturated heterocycles. The topological polar surface area (TPSA) is 52.0 Å². The molecule has 0 aliphatic heterocycles. The van der Waals surface area contributed by atoms with Crippen LogP contribution in [0.4, 0.5) is 0 Å². The van der Waals surface area contributed by atoms with Crippen LogP contribution < -0.4 is 0 Å². The first kappa shape index (κ1) is 9.97. The van der Waals surface area contributed by atoms with Crippen LogP contribution >= 0.6 is 22.6 Å². The van der Waals surface area contributed by atoms with Gasteiger partial charge in [-0.05, 0) is 28.7 Å². The molecule has 1 heterocycles. The molecule has 0 aliphatic carbocycles. The fourth-order valence-corrected chi connectivity index (χ4v) is 1.68. The average Bonchev–Trinajstić information content (AvgIpc) is 2.30. The van der Waals surface area contributed by atoms with Crippen molar-refractivity contribution in [1.82, 2.24) is 9.78 Å². The summed E-state index contributed by atoms with van der Waals surface area (Å²) in [5, 5.41) is 4.05. The summed E-state index contributed by atoms with van der Waals surface area (Å²) < 4.78 is 24.0. The Kier molecular flexibility index (Phi) is 3.10. The molecule has 0 atom stereocenters. The smallest absolute Gasteiger partial charge is 0.149 e. The van der Waals surface area contributed by atoms with Crippen molar-refractivity contribution in [2.45, 2.75) is 6.54 Å². The Labute approximate surface area is 85.0 Å². The number of hydrogen-bond donors (Lipinski definition) is 0. The summed E-state index contributed by atoms with van der Waals surface area (Å²) in [5.41, 5.74) is 0. The summed E-state index contributed by atoms with van der Waals surface area (Å²) in [6.07, 6.45) is 2.99. The van der Waals surface area contributed by atoms with Crippen molar-refractivity contribution in [1.29, 1.82) is 0 Å². The summed E-state index contributed by atoms with van der Waals surface area (Å²) in [4.78, 5) is 0. The molecule has 4 nitrogen and oxygen atoms in total. The van der Waals surface area contributed by atoms with Crippen LogP contribution in [0.5, 0.6) is 0 Å². The zero-order valence-electron chi connectivity index (χ0n) is 6.57. The van der Waals surface area contributed by atoms with Crippen molar-refractivity contribution < 1.29 is 8.42 Å². The summed E-state index contributed by atoms with van der Waals surface area (Å²) in [6.45, 7) is 0.432. The van der Waals surface area contributed by atoms with E-state index in [1.165, 1.54) is 6.26 Å². The predicted molar refractivity (Wildman–Crippen MR) is 54.7 cm³/mol. The van der Waals surface area contributed by atoms with Crippen molar-refractivity contribution in [3.63, 3.8) is 0 Å². The van der Waals surface area contributed by atoms with E-state index in [4.69, 9.17) is 0 Å². The van der Waals surface area contributed by atoms with Crippen molar-refractivity contribution in [3.05, 3.63) is 16.0 Å². The van der Waals surface area contributed by atoms with Gasteiger partial charge in [-0.25, -0.2) is 8.42 Å². The second kappa shape index (κ2) is 3.73. The van der Waals surface area contributed by atoms with E-state index in [0.717, 1.165) is 3.70 Å². The van der Waals surface area contributed by atoms with E-state index in [1.54, 1.807) is 10.9 Å². The lowest BCUT2D eigenvalue weighted by atomic mass is 10.7. The minimum absolute atomic E-state index is 0.144. The molecule has 0 aliphatic rings. The standard InChI is InChI=1S/C6H9IN2O2S/c1-12(10,11)5-4-9-3-2-6(7)8-9/h2-3H,4-5H2,1H3. The van der Waals surface area contributed by atoms with E-state index in [2.05, 4.69) is 27.7 Å². The Morgan fingerprint density at radius 2 is 2.33 bits per heavy atom. The van der Waals surface area contributed by atoms with Crippen LogP contribution in [-0.2, 0) is 16.4 Å². The first-order valence-electron chi connectivity index (χ1n) is 3.34. The van der Waals surface area contributed by atoms with Gasteiger partial charge in [0.1, 0.15) is 13.5 Å². The van der Waals surface area contributed by atoms with Crippen LogP contribution in [0.2, 0.25) is 0 Å². The molecule has 0 bridgehead atoms. The van der Waals surface area contributed by atoms with E-state index in [9.17, 15) is 8.42 Å². The molecule has 1 aromatic rings. The highest BCUT2D eigenvalue weighted by Gasteiger charge is 2.02. The molecule has 0 fully saturated rings. The molecular formula is C6H9IN2O2S. The van der Waals surface area contributed by atoms with Crippen LogP contribution in [0, 0.1) is 3.70 Å². The van der Waals surface area contributed by atoms with Crippen LogP contribution in [0.1, 0.15) is 0 Å². The van der Waals surface area contributed by atoms with E-state index in [-0.39, 0.29) is 5.75 Å². The maximum absolute atomic E-state index is 10.8. The third kappa shape index (κ3) is 3.53. The molecule has 0 amide bonds. The van der Waals surface area contributed by atoms with E-state index < -0.39 is 9.84 Å². The van der Waals surface area contributed by atoms with Gasteiger partial charge < -0.3 is 0 Å². The zero-order valence-corrected chi connectivity index (χ0v) is 9.54. The molecule has 0 spiro atoms. The van der Waals surface area contributed by atoms with Crippen LogP contribution in [-0.4, -0.2) is 30.2 Å². The fraction of sp³-hybridized carbons (Fsp3) is 0.500. The van der Waals surface area contributed by atoms with Crippen molar-refractivity contribution in [2.24, 2.45) is 0 Å². The van der Waals surface area contributed by atoms with Crippen molar-refractivity contribution in [3.8, 4) is 0 Å². The number of aryl methyl sites for hydroxylation is 1. The average molecular weight is 300 g/mol. The summed E-state index contributed by atoms with van der Waals surface area (Å²) in [7, 11) is -2.88. The van der Waals surface area contributed by atoms with Gasteiger partial charge in [-0.15, -0.1) is 0 Å². The molecule has 0 saturated carbocycles. The Bertz CT molecular complexity index is 357. The van der Waals surface area contributed by atoms with Gasteiger partial charge in [0.05, 0.1) is 12.3 Å². The molecule has 0 radical (unpaired) electrons. The maximum Gasteiger partial charge on any atom is 0.149 e. The quantitative estimate of drug-likeness (QED) is 0.765. The van der Waals surface area contributed by atoms with E-state index in [1.807, 2.05) is 6.07 Å². The first-order chi connectivity index (χ1) is 5.47. The molecule has 1 rings (SSSR count). The first-order valence-corrected chi connectivity index (χ1v) is 6.48. The van der Waals surface area contributed by atoms with Gasteiger partial charge in [0, 0.05) is 12.5 Å². The Morgan fingerprint density at radius 1 is 1.67 bits per heavy atom. The fourth-order valence-electron chi connectivity index (χ4n) is 0.721. The third-order valence-electron chi connectivity index (χ3n) is 1.30. The van der Waals surface area contributed by atoms with E-state index in [0.29, 0.717) is 6.54 Å². The van der Waals surface area contributed by atoms with Gasteiger partial charge in [-0.3, -0.25) is 4.68 Å². The molecule has 1 aromatic heterocycles. The molecule has 12 heavy (non-hydrogen) atoms. The van der Waals surface area contributed by atoms with Crippen molar-refractivity contribution >= 4 is 32.4 Å². The van der Waals surface area contributed by atoms with Gasteiger partial charge in [0.2, 0.25) is 0 Å². The lowest BCUT2D eigenvalue weighted by Gasteiger charge is -1.98. The monoisotopic (exact) mass is 300 g/mol. The number of hydrogen-bond acceptors (Lipinski definition) is 3. The molecule has 0 N–H and O–H groups in total. The highest BCUT2D eigenvalue weighted by molar-refractivity contribution is 14.1. The minimum atomic E-state index is -2.88. The lowest BCUT2D eigenvalue weighted by molar-refractivity contribution is 0.585. The maximum atomic E-state index is 10.8. The van der Waals surface area contributed by atoms with Gasteiger partial charge >= 0.3 is 0 Å². The SMILES string of the molecule is CS(=O)(=O)CCn1ccc(I)n1. The van der Waals surface area contributed by atoms with Crippen molar-refractivity contribution in [2.75, 3.05) is 12.0 Å². The number of aromatic nitrogens is 2. The number of nitrogens with zero attached hydrogens (tertiary/aromatic N) is 2. The Hall–Kier alpha value is -0.110. The van der Waals surface area contributed by atoms with Crippen LogP contribution in [0.3, 0.4) is 0 Å². The van der Waals surface area contributed by atoms with Crippen LogP contribution in [0.25, 0.3) is 0 Å². The van der Waals surface area contributed by atoms with Gasteiger partial charge in [-0.1, -0.05) is 0 Å². The molecular weight excluding hydrogens is 291 g/mol. The highest BCUT2D eigenvalue weighted by atomic mass is 127. The molecule has 0 unspecified atom stereocenters. The minimum Gasteiger partial charge on any atom is -0.271 e. The van der Waals surface area contributed by atoms with Gasteiger partial charge in [0.25, 0.3) is 0 Å². The Morgan fingerprint density at radius 3 is 2.75 bits per heavy atom. The van der Waals surface area contributed by atoms with E-state index >= 15 is 0 Å². The lowest BCUT2D eigenvalue weighted by Crippen LogP contribution is -2.11.